The van der Waals surface area contributed by atoms with Crippen molar-refractivity contribution in [3.05, 3.63) is 65.4 Å². The van der Waals surface area contributed by atoms with Crippen LogP contribution in [0.5, 0.6) is 0 Å². The molecule has 1 saturated heterocycles. The number of rotatable bonds is 10. The van der Waals surface area contributed by atoms with Gasteiger partial charge in [-0.05, 0) is 24.1 Å². The fourth-order valence-corrected chi connectivity index (χ4v) is 4.24. The van der Waals surface area contributed by atoms with E-state index in [0.29, 0.717) is 36.4 Å². The average Bonchev–Trinajstić information content (AvgIpc) is 3.58. The Morgan fingerprint density at radius 1 is 1.23 bits per heavy atom. The zero-order chi connectivity index (χ0) is 24.5. The molecular formula is C23H27FN6O4S. The first-order valence-corrected chi connectivity index (χ1v) is 12.1. The molecular weight excluding hydrogens is 475 g/mol. The van der Waals surface area contributed by atoms with Crippen molar-refractivity contribution in [1.29, 1.82) is 0 Å². The number of halogens is 1. The van der Waals surface area contributed by atoms with Crippen LogP contribution in [0.4, 0.5) is 14.3 Å². The minimum absolute atomic E-state index is 0.160. The van der Waals surface area contributed by atoms with E-state index in [0.717, 1.165) is 29.9 Å². The number of hydrogen-bond acceptors (Lipinski definition) is 7. The Morgan fingerprint density at radius 2 is 2.09 bits per heavy atom. The number of carbonyl (C=O) groups is 2. The summed E-state index contributed by atoms with van der Waals surface area (Å²) in [7, 11) is 0. The smallest absolute Gasteiger partial charge is 0.324 e. The van der Waals surface area contributed by atoms with Crippen molar-refractivity contribution in [1.82, 2.24) is 25.2 Å². The summed E-state index contributed by atoms with van der Waals surface area (Å²) in [6.45, 7) is 3.09. The first kappa shape index (κ1) is 24.8. The Labute approximate surface area is 206 Å². The molecule has 1 fully saturated rings. The van der Waals surface area contributed by atoms with E-state index in [9.17, 15) is 14.0 Å². The molecule has 186 valence electrons. The van der Waals surface area contributed by atoms with Crippen molar-refractivity contribution in [2.75, 3.05) is 37.8 Å². The average molecular weight is 503 g/mol. The topological polar surface area (TPSA) is 111 Å². The van der Waals surface area contributed by atoms with Crippen LogP contribution in [0, 0.1) is 5.82 Å². The predicted octanol–water partition coefficient (Wildman–Crippen LogP) is 2.43. The molecule has 3 aromatic rings. The molecule has 12 heteroatoms. The highest BCUT2D eigenvalue weighted by Crippen LogP contribution is 2.24. The Kier molecular flexibility index (Phi) is 8.76. The van der Waals surface area contributed by atoms with Crippen LogP contribution in [-0.2, 0) is 22.6 Å². The molecule has 0 radical (unpaired) electrons. The molecule has 10 nitrogen and oxygen atoms in total. The number of amides is 3. The fraction of sp³-hybridized carbons (Fsp3) is 0.391. The lowest BCUT2D eigenvalue weighted by atomic mass is 10.2. The third-order valence-corrected chi connectivity index (χ3v) is 6.27. The van der Waals surface area contributed by atoms with Gasteiger partial charge in [-0.15, -0.1) is 0 Å². The van der Waals surface area contributed by atoms with Gasteiger partial charge in [-0.2, -0.15) is 0 Å². The van der Waals surface area contributed by atoms with Gasteiger partial charge in [-0.25, -0.2) is 19.2 Å². The number of imidazole rings is 1. The van der Waals surface area contributed by atoms with Crippen LogP contribution in [0.2, 0.25) is 0 Å². The molecule has 1 aliphatic rings. The number of carbonyl (C=O) groups excluding carboxylic acids is 2. The van der Waals surface area contributed by atoms with Gasteiger partial charge in [0.25, 0.3) is 5.91 Å². The standard InChI is InChI=1S/C23H27FN6O4S/c24-18-4-2-17(3-5-18)14-30(22(32)27-12-19-15-33-10-11-34-19)23-28-13-20(35-23)21(31)26-6-1-8-29-9-7-25-16-29/h2-5,7,9,13,16,19H,1,6,8,10-12,14-15H2,(H,26,31)(H,27,32). The Bertz CT molecular complexity index is 1090. The van der Waals surface area contributed by atoms with Gasteiger partial charge >= 0.3 is 6.03 Å². The summed E-state index contributed by atoms with van der Waals surface area (Å²) in [5.74, 6) is -0.616. The third-order valence-electron chi connectivity index (χ3n) is 5.25. The van der Waals surface area contributed by atoms with Gasteiger partial charge in [-0.3, -0.25) is 9.69 Å². The van der Waals surface area contributed by atoms with E-state index in [1.165, 1.54) is 23.2 Å². The van der Waals surface area contributed by atoms with Gasteiger partial charge in [0.1, 0.15) is 10.7 Å². The van der Waals surface area contributed by atoms with Gasteiger partial charge in [0.2, 0.25) is 0 Å². The van der Waals surface area contributed by atoms with Crippen molar-refractivity contribution in [3.63, 3.8) is 0 Å². The molecule has 0 saturated carbocycles. The second kappa shape index (κ2) is 12.4. The molecule has 3 amide bonds. The summed E-state index contributed by atoms with van der Waals surface area (Å²) in [5.41, 5.74) is 0.722. The van der Waals surface area contributed by atoms with Crippen molar-refractivity contribution in [3.8, 4) is 0 Å². The molecule has 0 bridgehead atoms. The lowest BCUT2D eigenvalue weighted by molar-refractivity contribution is -0.0853. The van der Waals surface area contributed by atoms with E-state index in [-0.39, 0.29) is 30.9 Å². The molecule has 2 N–H and O–H groups in total. The van der Waals surface area contributed by atoms with Gasteiger partial charge in [0.05, 0.1) is 45.0 Å². The number of benzene rings is 1. The minimum Gasteiger partial charge on any atom is -0.376 e. The lowest BCUT2D eigenvalue weighted by Crippen LogP contribution is -2.45. The summed E-state index contributed by atoms with van der Waals surface area (Å²) < 4.78 is 26.2. The van der Waals surface area contributed by atoms with Gasteiger partial charge in [0.15, 0.2) is 5.13 Å². The second-order valence-electron chi connectivity index (χ2n) is 7.88. The van der Waals surface area contributed by atoms with Crippen LogP contribution >= 0.6 is 11.3 Å². The van der Waals surface area contributed by atoms with Gasteiger partial charge < -0.3 is 24.7 Å². The molecule has 0 spiro atoms. The van der Waals surface area contributed by atoms with Crippen LogP contribution in [0.1, 0.15) is 21.7 Å². The maximum Gasteiger partial charge on any atom is 0.324 e. The molecule has 3 heterocycles. The SMILES string of the molecule is O=C(NCCCn1ccnc1)c1cnc(N(Cc2ccc(F)cc2)C(=O)NCC2COCCO2)s1. The normalized spacial score (nSPS) is 15.5. The molecule has 1 unspecified atom stereocenters. The van der Waals surface area contributed by atoms with Crippen molar-refractivity contribution < 1.29 is 23.5 Å². The van der Waals surface area contributed by atoms with E-state index in [1.54, 1.807) is 24.7 Å². The highest BCUT2D eigenvalue weighted by Gasteiger charge is 2.23. The lowest BCUT2D eigenvalue weighted by Gasteiger charge is -2.25. The van der Waals surface area contributed by atoms with E-state index in [2.05, 4.69) is 20.6 Å². The number of ether oxygens (including phenoxy) is 2. The van der Waals surface area contributed by atoms with Crippen LogP contribution in [0.25, 0.3) is 0 Å². The number of nitrogens with zero attached hydrogens (tertiary/aromatic N) is 4. The van der Waals surface area contributed by atoms with Crippen molar-refractivity contribution in [2.24, 2.45) is 0 Å². The van der Waals surface area contributed by atoms with Gasteiger partial charge in [0, 0.05) is 32.0 Å². The van der Waals surface area contributed by atoms with Crippen LogP contribution in [0.3, 0.4) is 0 Å². The van der Waals surface area contributed by atoms with E-state index >= 15 is 0 Å². The number of urea groups is 1. The zero-order valence-electron chi connectivity index (χ0n) is 19.1. The number of anilines is 1. The monoisotopic (exact) mass is 502 g/mol. The number of thiazole rings is 1. The summed E-state index contributed by atoms with van der Waals surface area (Å²) in [4.78, 5) is 35.8. The quantitative estimate of drug-likeness (QED) is 0.412. The summed E-state index contributed by atoms with van der Waals surface area (Å²) in [5, 5.41) is 6.07. The number of nitrogens with one attached hydrogen (secondary N) is 2. The molecule has 0 aliphatic carbocycles. The molecule has 35 heavy (non-hydrogen) atoms. The Morgan fingerprint density at radius 3 is 2.83 bits per heavy atom. The molecule has 1 aliphatic heterocycles. The van der Waals surface area contributed by atoms with E-state index in [1.807, 2.05) is 10.8 Å². The van der Waals surface area contributed by atoms with Crippen LogP contribution in [-0.4, -0.2) is 65.5 Å². The molecule has 1 aromatic carbocycles. The minimum atomic E-state index is -0.398. The number of aryl methyl sites for hydroxylation is 1. The Balaban J connectivity index is 1.38. The molecule has 4 rings (SSSR count). The van der Waals surface area contributed by atoms with E-state index < -0.39 is 6.03 Å². The summed E-state index contributed by atoms with van der Waals surface area (Å²) in [6.07, 6.45) is 7.27. The van der Waals surface area contributed by atoms with Crippen LogP contribution < -0.4 is 15.5 Å². The maximum atomic E-state index is 13.4. The molecule has 2 aromatic heterocycles. The van der Waals surface area contributed by atoms with Crippen LogP contribution in [0.15, 0.2) is 49.2 Å². The van der Waals surface area contributed by atoms with E-state index in [4.69, 9.17) is 9.47 Å². The highest BCUT2D eigenvalue weighted by molar-refractivity contribution is 7.17. The second-order valence-corrected chi connectivity index (χ2v) is 8.89. The first-order valence-electron chi connectivity index (χ1n) is 11.3. The summed E-state index contributed by atoms with van der Waals surface area (Å²) in [6, 6.07) is 5.49. The largest absolute Gasteiger partial charge is 0.376 e. The Hall–Kier alpha value is -3.35. The number of hydrogen-bond donors (Lipinski definition) is 2. The van der Waals surface area contributed by atoms with Gasteiger partial charge in [-0.1, -0.05) is 23.5 Å². The zero-order valence-corrected chi connectivity index (χ0v) is 19.9. The number of aromatic nitrogens is 3. The summed E-state index contributed by atoms with van der Waals surface area (Å²) >= 11 is 1.11. The van der Waals surface area contributed by atoms with Crippen molar-refractivity contribution in [2.45, 2.75) is 25.6 Å². The molecule has 1 atom stereocenters. The third kappa shape index (κ3) is 7.31. The first-order chi connectivity index (χ1) is 17.1. The predicted molar refractivity (Wildman–Crippen MR) is 128 cm³/mol. The van der Waals surface area contributed by atoms with Crippen molar-refractivity contribution >= 4 is 28.4 Å². The maximum absolute atomic E-state index is 13.4. The highest BCUT2D eigenvalue weighted by atomic mass is 32.1. The fourth-order valence-electron chi connectivity index (χ4n) is 3.41.